The molecule has 1 saturated heterocycles. The summed E-state index contributed by atoms with van der Waals surface area (Å²) in [5.41, 5.74) is 1.43. The van der Waals surface area contributed by atoms with Gasteiger partial charge in [0, 0.05) is 38.6 Å². The van der Waals surface area contributed by atoms with Crippen molar-refractivity contribution in [3.05, 3.63) is 35.9 Å². The number of unbranched alkanes of at least 4 members (excludes halogenated alkanes) is 3. The van der Waals surface area contributed by atoms with E-state index in [9.17, 15) is 0 Å². The van der Waals surface area contributed by atoms with Gasteiger partial charge in [-0.15, -0.1) is 11.6 Å². The van der Waals surface area contributed by atoms with Crippen molar-refractivity contribution in [2.75, 3.05) is 38.6 Å². The molecule has 3 heteroatoms. The van der Waals surface area contributed by atoms with Gasteiger partial charge in [-0.2, -0.15) is 0 Å². The molecule has 0 unspecified atom stereocenters. The Morgan fingerprint density at radius 1 is 0.800 bits per heavy atom. The lowest BCUT2D eigenvalue weighted by atomic mass is 10.1. The van der Waals surface area contributed by atoms with E-state index in [1.165, 1.54) is 64.0 Å². The van der Waals surface area contributed by atoms with E-state index in [0.29, 0.717) is 0 Å². The maximum absolute atomic E-state index is 5.70. The summed E-state index contributed by atoms with van der Waals surface area (Å²) in [5.74, 6) is 0.818. The summed E-state index contributed by atoms with van der Waals surface area (Å²) in [6, 6.07) is 10.8. The lowest BCUT2D eigenvalue weighted by molar-refractivity contribution is 0.125. The van der Waals surface area contributed by atoms with Gasteiger partial charge in [-0.25, -0.2) is 0 Å². The molecule has 2 rings (SSSR count). The Balaban J connectivity index is 1.58. The van der Waals surface area contributed by atoms with Crippen molar-refractivity contribution in [1.29, 1.82) is 0 Å². The number of benzene rings is 1. The highest BCUT2D eigenvalue weighted by molar-refractivity contribution is 6.17. The maximum Gasteiger partial charge on any atom is 0.0234 e. The van der Waals surface area contributed by atoms with Gasteiger partial charge in [0.05, 0.1) is 0 Å². The molecule has 1 fully saturated rings. The van der Waals surface area contributed by atoms with Gasteiger partial charge < -0.3 is 4.90 Å². The minimum Gasteiger partial charge on any atom is -0.301 e. The molecule has 1 aromatic rings. The molecule has 2 nitrogen and oxygen atoms in total. The van der Waals surface area contributed by atoms with Crippen molar-refractivity contribution in [3.8, 4) is 0 Å². The zero-order valence-corrected chi connectivity index (χ0v) is 13.2. The number of nitrogens with zero attached hydrogens (tertiary/aromatic N) is 2. The fraction of sp³-hybridized carbons (Fsp3) is 0.647. The SMILES string of the molecule is ClCCCCCCN1CCN(Cc2ccccc2)CC1. The van der Waals surface area contributed by atoms with Crippen molar-refractivity contribution in [3.63, 3.8) is 0 Å². The van der Waals surface area contributed by atoms with Crippen LogP contribution in [0.2, 0.25) is 0 Å². The topological polar surface area (TPSA) is 6.48 Å². The van der Waals surface area contributed by atoms with E-state index >= 15 is 0 Å². The number of piperazine rings is 1. The molecule has 0 spiro atoms. The normalized spacial score (nSPS) is 17.4. The third kappa shape index (κ3) is 5.82. The Kier molecular flexibility index (Phi) is 7.42. The minimum atomic E-state index is 0.818. The van der Waals surface area contributed by atoms with E-state index in [4.69, 9.17) is 11.6 Å². The molecule has 1 aromatic carbocycles. The van der Waals surface area contributed by atoms with Crippen LogP contribution in [0.25, 0.3) is 0 Å². The fourth-order valence-corrected chi connectivity index (χ4v) is 2.99. The highest BCUT2D eigenvalue weighted by Gasteiger charge is 2.16. The van der Waals surface area contributed by atoms with E-state index in [1.54, 1.807) is 0 Å². The predicted molar refractivity (Wildman–Crippen MR) is 87.3 cm³/mol. The van der Waals surface area contributed by atoms with E-state index in [0.717, 1.165) is 12.4 Å². The Hall–Kier alpha value is -0.570. The van der Waals surface area contributed by atoms with Crippen molar-refractivity contribution in [2.45, 2.75) is 32.2 Å². The summed E-state index contributed by atoms with van der Waals surface area (Å²) in [5, 5.41) is 0. The van der Waals surface area contributed by atoms with Gasteiger partial charge in [0.1, 0.15) is 0 Å². The Bertz CT molecular complexity index is 347. The molecule has 0 radical (unpaired) electrons. The van der Waals surface area contributed by atoms with Gasteiger partial charge in [0.15, 0.2) is 0 Å². The van der Waals surface area contributed by atoms with Gasteiger partial charge in [-0.1, -0.05) is 43.2 Å². The first-order valence-corrected chi connectivity index (χ1v) is 8.46. The summed E-state index contributed by atoms with van der Waals surface area (Å²) < 4.78 is 0. The summed E-state index contributed by atoms with van der Waals surface area (Å²) in [7, 11) is 0. The van der Waals surface area contributed by atoms with Crippen molar-refractivity contribution in [2.24, 2.45) is 0 Å². The minimum absolute atomic E-state index is 0.818. The average molecular weight is 295 g/mol. The average Bonchev–Trinajstić information content (AvgIpc) is 2.50. The van der Waals surface area contributed by atoms with E-state index in [2.05, 4.69) is 40.1 Å². The predicted octanol–water partition coefficient (Wildman–Crippen LogP) is 3.60. The number of rotatable bonds is 8. The van der Waals surface area contributed by atoms with Crippen molar-refractivity contribution in [1.82, 2.24) is 9.80 Å². The second kappa shape index (κ2) is 9.38. The second-order valence-corrected chi connectivity index (χ2v) is 6.08. The number of alkyl halides is 1. The maximum atomic E-state index is 5.70. The molecule has 20 heavy (non-hydrogen) atoms. The molecule has 0 aromatic heterocycles. The van der Waals surface area contributed by atoms with E-state index in [1.807, 2.05) is 0 Å². The molecule has 1 aliphatic heterocycles. The number of halogens is 1. The summed E-state index contributed by atoms with van der Waals surface area (Å²) in [6.07, 6.45) is 5.12. The first kappa shape index (κ1) is 15.8. The molecular weight excluding hydrogens is 268 g/mol. The first-order valence-electron chi connectivity index (χ1n) is 7.93. The van der Waals surface area contributed by atoms with Crippen molar-refractivity contribution < 1.29 is 0 Å². The molecule has 112 valence electrons. The third-order valence-electron chi connectivity index (χ3n) is 4.07. The molecule has 0 N–H and O–H groups in total. The lowest BCUT2D eigenvalue weighted by Gasteiger charge is -2.34. The second-order valence-electron chi connectivity index (χ2n) is 5.71. The molecule has 1 aliphatic rings. The van der Waals surface area contributed by atoms with Crippen LogP contribution in [-0.2, 0) is 6.54 Å². The Morgan fingerprint density at radius 2 is 1.45 bits per heavy atom. The van der Waals surface area contributed by atoms with E-state index in [-0.39, 0.29) is 0 Å². The summed E-state index contributed by atoms with van der Waals surface area (Å²) in [4.78, 5) is 5.18. The molecule has 0 atom stereocenters. The van der Waals surface area contributed by atoms with Gasteiger partial charge in [-0.3, -0.25) is 4.90 Å². The first-order chi connectivity index (χ1) is 9.88. The quantitative estimate of drug-likeness (QED) is 0.534. The van der Waals surface area contributed by atoms with Gasteiger partial charge in [0.2, 0.25) is 0 Å². The van der Waals surface area contributed by atoms with Crippen molar-refractivity contribution >= 4 is 11.6 Å². The largest absolute Gasteiger partial charge is 0.301 e. The summed E-state index contributed by atoms with van der Waals surface area (Å²) in [6.45, 7) is 7.23. The highest BCUT2D eigenvalue weighted by Crippen LogP contribution is 2.09. The van der Waals surface area contributed by atoms with Gasteiger partial charge >= 0.3 is 0 Å². The number of hydrogen-bond donors (Lipinski definition) is 0. The van der Waals surface area contributed by atoms with Crippen LogP contribution in [0.5, 0.6) is 0 Å². The fourth-order valence-electron chi connectivity index (χ4n) is 2.80. The van der Waals surface area contributed by atoms with E-state index < -0.39 is 0 Å². The molecule has 0 amide bonds. The smallest absolute Gasteiger partial charge is 0.0234 e. The van der Waals surface area contributed by atoms with Crippen LogP contribution in [-0.4, -0.2) is 48.4 Å². The number of hydrogen-bond acceptors (Lipinski definition) is 2. The zero-order chi connectivity index (χ0) is 14.0. The van der Waals surface area contributed by atoms with Crippen LogP contribution in [0.1, 0.15) is 31.2 Å². The standard InChI is InChI=1S/C17H27ClN2/c18-10-6-1-2-7-11-19-12-14-20(15-13-19)16-17-8-4-3-5-9-17/h3-5,8-9H,1-2,6-7,10-16H2. The van der Waals surface area contributed by atoms with Crippen LogP contribution < -0.4 is 0 Å². The Labute approximate surface area is 128 Å². The van der Waals surface area contributed by atoms with Gasteiger partial charge in [0.25, 0.3) is 0 Å². The zero-order valence-electron chi connectivity index (χ0n) is 12.4. The molecular formula is C17H27ClN2. The highest BCUT2D eigenvalue weighted by atomic mass is 35.5. The molecule has 0 saturated carbocycles. The van der Waals surface area contributed by atoms with Crippen LogP contribution in [0.4, 0.5) is 0 Å². The molecule has 0 aliphatic carbocycles. The van der Waals surface area contributed by atoms with Crippen LogP contribution in [0.15, 0.2) is 30.3 Å². The van der Waals surface area contributed by atoms with Crippen LogP contribution >= 0.6 is 11.6 Å². The molecule has 1 heterocycles. The monoisotopic (exact) mass is 294 g/mol. The van der Waals surface area contributed by atoms with Gasteiger partial charge in [-0.05, 0) is 24.9 Å². The third-order valence-corrected chi connectivity index (χ3v) is 4.34. The summed E-state index contributed by atoms with van der Waals surface area (Å²) >= 11 is 5.70. The van der Waals surface area contributed by atoms with Crippen LogP contribution in [0.3, 0.4) is 0 Å². The van der Waals surface area contributed by atoms with Crippen LogP contribution in [0, 0.1) is 0 Å². The lowest BCUT2D eigenvalue weighted by Crippen LogP contribution is -2.46. The molecule has 0 bridgehead atoms. The Morgan fingerprint density at radius 3 is 2.15 bits per heavy atom.